The van der Waals surface area contributed by atoms with Gasteiger partial charge in [0.25, 0.3) is 0 Å². The summed E-state index contributed by atoms with van der Waals surface area (Å²) in [5, 5.41) is 0. The van der Waals surface area contributed by atoms with Crippen LogP contribution in [0.3, 0.4) is 0 Å². The summed E-state index contributed by atoms with van der Waals surface area (Å²) in [4.78, 5) is 26.3. The maximum Gasteiger partial charge on any atom is 0.310 e. The van der Waals surface area contributed by atoms with E-state index in [2.05, 4.69) is 15.9 Å². The summed E-state index contributed by atoms with van der Waals surface area (Å²) < 4.78 is 5.77. The van der Waals surface area contributed by atoms with Crippen molar-refractivity contribution >= 4 is 27.8 Å². The van der Waals surface area contributed by atoms with Gasteiger partial charge in [-0.1, -0.05) is 65.3 Å². The lowest BCUT2D eigenvalue weighted by molar-refractivity contribution is -0.146. The zero-order valence-corrected chi connectivity index (χ0v) is 16.0. The number of amides is 1. The number of rotatable bonds is 7. The highest BCUT2D eigenvalue weighted by Crippen LogP contribution is 2.14. The van der Waals surface area contributed by atoms with Gasteiger partial charge in [-0.25, -0.2) is 0 Å². The number of carbonyl (C=O) groups is 2. The van der Waals surface area contributed by atoms with Crippen molar-refractivity contribution in [3.63, 3.8) is 0 Å². The molecule has 0 heterocycles. The third kappa shape index (κ3) is 6.02. The Kier molecular flexibility index (Phi) is 7.19. The van der Waals surface area contributed by atoms with Crippen molar-refractivity contribution < 1.29 is 14.3 Å². The standard InChI is InChI=1S/C20H22BrNO3/c1-15(20(24)25-2)13-22(14-17-6-4-3-5-7-17)19(23)12-16-8-10-18(21)11-9-16/h3-11,15H,12-14H2,1-2H3. The number of esters is 1. The van der Waals surface area contributed by atoms with Crippen molar-refractivity contribution in [3.8, 4) is 0 Å². The summed E-state index contributed by atoms with van der Waals surface area (Å²) in [6.07, 6.45) is 0.300. The zero-order valence-electron chi connectivity index (χ0n) is 14.4. The summed E-state index contributed by atoms with van der Waals surface area (Å²) >= 11 is 3.39. The highest BCUT2D eigenvalue weighted by molar-refractivity contribution is 9.10. The normalized spacial score (nSPS) is 11.6. The van der Waals surface area contributed by atoms with E-state index in [1.807, 2.05) is 54.6 Å². The molecule has 2 aromatic carbocycles. The SMILES string of the molecule is COC(=O)C(C)CN(Cc1ccccc1)C(=O)Cc1ccc(Br)cc1. The Balaban J connectivity index is 2.12. The smallest absolute Gasteiger partial charge is 0.310 e. The molecule has 1 unspecified atom stereocenters. The number of hydrogen-bond acceptors (Lipinski definition) is 3. The van der Waals surface area contributed by atoms with Crippen LogP contribution in [0.25, 0.3) is 0 Å². The Labute approximate surface area is 156 Å². The van der Waals surface area contributed by atoms with Crippen LogP contribution in [0.4, 0.5) is 0 Å². The van der Waals surface area contributed by atoms with Gasteiger partial charge >= 0.3 is 5.97 Å². The average Bonchev–Trinajstić information content (AvgIpc) is 2.63. The molecular formula is C20H22BrNO3. The molecule has 132 valence electrons. The first-order valence-corrected chi connectivity index (χ1v) is 8.93. The van der Waals surface area contributed by atoms with Gasteiger partial charge in [-0.3, -0.25) is 9.59 Å². The maximum atomic E-state index is 12.8. The largest absolute Gasteiger partial charge is 0.469 e. The first kappa shape index (κ1) is 19.2. The van der Waals surface area contributed by atoms with Crippen molar-refractivity contribution in [1.29, 1.82) is 0 Å². The molecule has 0 fully saturated rings. The minimum atomic E-state index is -0.373. The molecule has 1 amide bonds. The topological polar surface area (TPSA) is 46.6 Å². The fraction of sp³-hybridized carbons (Fsp3) is 0.300. The molecule has 2 rings (SSSR count). The van der Waals surface area contributed by atoms with Crippen molar-refractivity contribution in [2.24, 2.45) is 5.92 Å². The van der Waals surface area contributed by atoms with E-state index in [-0.39, 0.29) is 17.8 Å². The molecule has 0 saturated carbocycles. The fourth-order valence-electron chi connectivity index (χ4n) is 2.55. The number of benzene rings is 2. The Morgan fingerprint density at radius 2 is 1.68 bits per heavy atom. The van der Waals surface area contributed by atoms with Crippen LogP contribution in [-0.4, -0.2) is 30.4 Å². The molecular weight excluding hydrogens is 382 g/mol. The second kappa shape index (κ2) is 9.37. The monoisotopic (exact) mass is 403 g/mol. The third-order valence-electron chi connectivity index (χ3n) is 3.94. The lowest BCUT2D eigenvalue weighted by Gasteiger charge is -2.25. The van der Waals surface area contributed by atoms with Gasteiger partial charge < -0.3 is 9.64 Å². The molecule has 0 aromatic heterocycles. The Morgan fingerprint density at radius 1 is 1.04 bits per heavy atom. The van der Waals surface area contributed by atoms with Gasteiger partial charge in [-0.2, -0.15) is 0 Å². The Bertz CT molecular complexity index is 701. The first-order chi connectivity index (χ1) is 12.0. The van der Waals surface area contributed by atoms with E-state index in [9.17, 15) is 9.59 Å². The Morgan fingerprint density at radius 3 is 2.28 bits per heavy atom. The maximum absolute atomic E-state index is 12.8. The van der Waals surface area contributed by atoms with E-state index >= 15 is 0 Å². The third-order valence-corrected chi connectivity index (χ3v) is 4.46. The average molecular weight is 404 g/mol. The molecule has 0 aliphatic carbocycles. The molecule has 0 aliphatic heterocycles. The van der Waals surface area contributed by atoms with Crippen LogP contribution in [0, 0.1) is 5.92 Å². The van der Waals surface area contributed by atoms with E-state index in [0.29, 0.717) is 19.5 Å². The molecule has 5 heteroatoms. The summed E-state index contributed by atoms with van der Waals surface area (Å²) in [5.74, 6) is -0.695. The summed E-state index contributed by atoms with van der Waals surface area (Å²) in [7, 11) is 1.37. The Hall–Kier alpha value is -2.14. The molecule has 0 radical (unpaired) electrons. The number of halogens is 1. The number of nitrogens with zero attached hydrogens (tertiary/aromatic N) is 1. The second-order valence-electron chi connectivity index (χ2n) is 5.99. The minimum Gasteiger partial charge on any atom is -0.469 e. The number of ether oxygens (including phenoxy) is 1. The van der Waals surface area contributed by atoms with Gasteiger partial charge in [0.2, 0.25) is 5.91 Å². The van der Waals surface area contributed by atoms with E-state index in [1.54, 1.807) is 11.8 Å². The highest BCUT2D eigenvalue weighted by Gasteiger charge is 2.22. The molecule has 0 spiro atoms. The molecule has 0 saturated heterocycles. The summed E-state index contributed by atoms with van der Waals surface area (Å²) in [5.41, 5.74) is 1.97. The number of methoxy groups -OCH3 is 1. The van der Waals surface area contributed by atoms with Crippen LogP contribution in [0.1, 0.15) is 18.1 Å². The van der Waals surface area contributed by atoms with Crippen LogP contribution in [-0.2, 0) is 27.3 Å². The van der Waals surface area contributed by atoms with Crippen LogP contribution < -0.4 is 0 Å². The lowest BCUT2D eigenvalue weighted by Crippen LogP contribution is -2.37. The zero-order chi connectivity index (χ0) is 18.2. The molecule has 1 atom stereocenters. The minimum absolute atomic E-state index is 0.0121. The lowest BCUT2D eigenvalue weighted by atomic mass is 10.1. The molecule has 4 nitrogen and oxygen atoms in total. The van der Waals surface area contributed by atoms with Crippen molar-refractivity contribution in [3.05, 3.63) is 70.2 Å². The van der Waals surface area contributed by atoms with Crippen LogP contribution in [0.15, 0.2) is 59.1 Å². The van der Waals surface area contributed by atoms with Crippen molar-refractivity contribution in [2.45, 2.75) is 19.9 Å². The van der Waals surface area contributed by atoms with Crippen LogP contribution in [0.2, 0.25) is 0 Å². The molecule has 0 aliphatic rings. The number of hydrogen-bond donors (Lipinski definition) is 0. The summed E-state index contributed by atoms with van der Waals surface area (Å²) in [6.45, 7) is 2.57. The first-order valence-electron chi connectivity index (χ1n) is 8.13. The number of carbonyl (C=O) groups excluding carboxylic acids is 2. The fourth-order valence-corrected chi connectivity index (χ4v) is 2.82. The predicted octanol–water partition coefficient (Wildman–Crippen LogP) is 3.83. The van der Waals surface area contributed by atoms with Gasteiger partial charge in [0.05, 0.1) is 19.4 Å². The van der Waals surface area contributed by atoms with E-state index < -0.39 is 0 Å². The summed E-state index contributed by atoms with van der Waals surface area (Å²) in [6, 6.07) is 17.5. The van der Waals surface area contributed by atoms with E-state index in [0.717, 1.165) is 15.6 Å². The van der Waals surface area contributed by atoms with Crippen molar-refractivity contribution in [2.75, 3.05) is 13.7 Å². The van der Waals surface area contributed by atoms with E-state index in [1.165, 1.54) is 7.11 Å². The van der Waals surface area contributed by atoms with Gasteiger partial charge in [0.15, 0.2) is 0 Å². The van der Waals surface area contributed by atoms with Crippen molar-refractivity contribution in [1.82, 2.24) is 4.90 Å². The van der Waals surface area contributed by atoms with E-state index in [4.69, 9.17) is 4.74 Å². The van der Waals surface area contributed by atoms with Gasteiger partial charge in [-0.05, 0) is 23.3 Å². The van der Waals surface area contributed by atoms with Crippen LogP contribution >= 0.6 is 15.9 Å². The van der Waals surface area contributed by atoms with Gasteiger partial charge in [0, 0.05) is 17.6 Å². The highest BCUT2D eigenvalue weighted by atomic mass is 79.9. The van der Waals surface area contributed by atoms with Gasteiger partial charge in [0.1, 0.15) is 0 Å². The second-order valence-corrected chi connectivity index (χ2v) is 6.90. The quantitative estimate of drug-likeness (QED) is 0.659. The van der Waals surface area contributed by atoms with Gasteiger partial charge in [-0.15, -0.1) is 0 Å². The molecule has 0 N–H and O–H groups in total. The predicted molar refractivity (Wildman–Crippen MR) is 101 cm³/mol. The van der Waals surface area contributed by atoms with Crippen LogP contribution in [0.5, 0.6) is 0 Å². The molecule has 25 heavy (non-hydrogen) atoms. The molecule has 2 aromatic rings. The molecule has 0 bridgehead atoms.